The van der Waals surface area contributed by atoms with Crippen LogP contribution in [0.1, 0.15) is 37.1 Å². The molecular formula is C26H28ClN3O2. The van der Waals surface area contributed by atoms with Crippen LogP contribution in [-0.2, 0) is 13.0 Å². The van der Waals surface area contributed by atoms with E-state index >= 15 is 0 Å². The molecule has 32 heavy (non-hydrogen) atoms. The monoisotopic (exact) mass is 449 g/mol. The van der Waals surface area contributed by atoms with Crippen LogP contribution < -0.4 is 10.3 Å². The van der Waals surface area contributed by atoms with Gasteiger partial charge in [0.2, 0.25) is 0 Å². The molecule has 0 amide bonds. The van der Waals surface area contributed by atoms with Gasteiger partial charge in [0.1, 0.15) is 12.4 Å². The van der Waals surface area contributed by atoms with Gasteiger partial charge in [-0.15, -0.1) is 0 Å². The lowest BCUT2D eigenvalue weighted by Gasteiger charge is -2.23. The molecule has 5 nitrogen and oxygen atoms in total. The molecule has 6 heteroatoms. The van der Waals surface area contributed by atoms with Crippen molar-refractivity contribution < 1.29 is 4.74 Å². The molecule has 1 aliphatic carbocycles. The number of aryl methyl sites for hydroxylation is 1. The summed E-state index contributed by atoms with van der Waals surface area (Å²) >= 11 is 5.86. The maximum absolute atomic E-state index is 12.7. The Hall–Kier alpha value is -2.89. The summed E-state index contributed by atoms with van der Waals surface area (Å²) in [6.45, 7) is 7.85. The molecule has 4 rings (SSSR count). The Morgan fingerprint density at radius 2 is 1.94 bits per heavy atom. The first kappa shape index (κ1) is 22.3. The molecule has 0 unspecified atom stereocenters. The highest BCUT2D eigenvalue weighted by atomic mass is 35.5. The van der Waals surface area contributed by atoms with Crippen molar-refractivity contribution in [1.82, 2.24) is 14.5 Å². The van der Waals surface area contributed by atoms with E-state index in [-0.39, 0.29) is 12.2 Å². The average molecular weight is 450 g/mol. The third kappa shape index (κ3) is 5.29. The lowest BCUT2D eigenvalue weighted by Crippen LogP contribution is -2.26. The number of halogens is 1. The number of aromatic nitrogens is 2. The Labute approximate surface area is 193 Å². The van der Waals surface area contributed by atoms with E-state index < -0.39 is 0 Å². The van der Waals surface area contributed by atoms with E-state index in [1.165, 1.54) is 22.8 Å². The standard InChI is InChI=1S/C26H28ClN3O2/c1-3-29(4-2)17-19-5-6-21-14-24(10-7-20(21)13-19)30-12-11-25(15-26(30)31)32-18-23-9-8-22(27)16-28-23/h7-16H,3-6,17-18H2,1-2H3. The number of rotatable bonds is 8. The SMILES string of the molecule is CCN(CC)CC1=Cc2ccc(-n3ccc(OCc4ccc(Cl)cn4)cc3=O)cc2CC1. The Morgan fingerprint density at radius 1 is 1.09 bits per heavy atom. The van der Waals surface area contributed by atoms with Crippen LogP contribution in [0.2, 0.25) is 5.02 Å². The number of nitrogens with zero attached hydrogens (tertiary/aromatic N) is 3. The molecule has 0 bridgehead atoms. The molecule has 1 aromatic carbocycles. The largest absolute Gasteiger partial charge is 0.487 e. The van der Waals surface area contributed by atoms with E-state index in [9.17, 15) is 4.79 Å². The van der Waals surface area contributed by atoms with Gasteiger partial charge in [-0.2, -0.15) is 0 Å². The number of pyridine rings is 2. The molecule has 0 N–H and O–H groups in total. The molecule has 0 saturated heterocycles. The van der Waals surface area contributed by atoms with Crippen LogP contribution in [0, 0.1) is 0 Å². The maximum Gasteiger partial charge on any atom is 0.258 e. The molecule has 0 spiro atoms. The van der Waals surface area contributed by atoms with E-state index in [4.69, 9.17) is 16.3 Å². The van der Waals surface area contributed by atoms with Gasteiger partial charge in [-0.25, -0.2) is 0 Å². The second kappa shape index (κ2) is 10.2. The summed E-state index contributed by atoms with van der Waals surface area (Å²) in [7, 11) is 0. The first-order valence-corrected chi connectivity index (χ1v) is 11.4. The fourth-order valence-electron chi connectivity index (χ4n) is 3.96. The smallest absolute Gasteiger partial charge is 0.258 e. The summed E-state index contributed by atoms with van der Waals surface area (Å²) in [5.41, 5.74) is 5.52. The molecular weight excluding hydrogens is 422 g/mol. The zero-order chi connectivity index (χ0) is 22.5. The van der Waals surface area contributed by atoms with Crippen molar-refractivity contribution in [3.8, 4) is 11.4 Å². The molecule has 2 heterocycles. The summed E-state index contributed by atoms with van der Waals surface area (Å²) < 4.78 is 7.38. The second-order valence-electron chi connectivity index (χ2n) is 7.97. The summed E-state index contributed by atoms with van der Waals surface area (Å²) in [6, 6.07) is 13.1. The Morgan fingerprint density at radius 3 is 2.66 bits per heavy atom. The average Bonchev–Trinajstić information content (AvgIpc) is 2.82. The molecule has 1 aliphatic rings. The Kier molecular flexibility index (Phi) is 7.08. The van der Waals surface area contributed by atoms with E-state index in [1.807, 2.05) is 6.07 Å². The predicted octanol–water partition coefficient (Wildman–Crippen LogP) is 5.14. The van der Waals surface area contributed by atoms with Crippen LogP contribution >= 0.6 is 11.6 Å². The van der Waals surface area contributed by atoms with Gasteiger partial charge in [-0.05, 0) is 67.4 Å². The van der Waals surface area contributed by atoms with E-state index in [2.05, 4.69) is 41.9 Å². The van der Waals surface area contributed by atoms with Gasteiger partial charge in [0.15, 0.2) is 0 Å². The number of likely N-dealkylation sites (N-methyl/N-ethyl adjacent to an activating group) is 1. The Balaban J connectivity index is 1.48. The number of fused-ring (bicyclic) bond motifs is 1. The number of hydrogen-bond donors (Lipinski definition) is 0. The van der Waals surface area contributed by atoms with Crippen molar-refractivity contribution in [2.75, 3.05) is 19.6 Å². The van der Waals surface area contributed by atoms with Gasteiger partial charge in [0.25, 0.3) is 5.56 Å². The number of benzene rings is 1. The van der Waals surface area contributed by atoms with Gasteiger partial charge in [-0.1, -0.05) is 43.2 Å². The fraction of sp³-hybridized carbons (Fsp3) is 0.308. The minimum Gasteiger partial charge on any atom is -0.487 e. The fourth-order valence-corrected chi connectivity index (χ4v) is 4.07. The van der Waals surface area contributed by atoms with Crippen molar-refractivity contribution in [1.29, 1.82) is 0 Å². The predicted molar refractivity (Wildman–Crippen MR) is 130 cm³/mol. The van der Waals surface area contributed by atoms with Crippen molar-refractivity contribution in [3.63, 3.8) is 0 Å². The lowest BCUT2D eigenvalue weighted by atomic mass is 9.91. The van der Waals surface area contributed by atoms with Crippen LogP contribution in [0.15, 0.2) is 65.2 Å². The first-order valence-electron chi connectivity index (χ1n) is 11.1. The molecule has 0 aliphatic heterocycles. The summed E-state index contributed by atoms with van der Waals surface area (Å²) in [5.74, 6) is 0.518. The van der Waals surface area contributed by atoms with Crippen molar-refractivity contribution >= 4 is 17.7 Å². The van der Waals surface area contributed by atoms with Crippen LogP contribution in [0.25, 0.3) is 11.8 Å². The molecule has 2 aromatic heterocycles. The molecule has 0 atom stereocenters. The van der Waals surface area contributed by atoms with Crippen LogP contribution in [0.3, 0.4) is 0 Å². The lowest BCUT2D eigenvalue weighted by molar-refractivity contribution is 0.300. The van der Waals surface area contributed by atoms with Crippen LogP contribution in [0.4, 0.5) is 0 Å². The minimum atomic E-state index is -0.125. The van der Waals surface area contributed by atoms with Gasteiger partial charge >= 0.3 is 0 Å². The summed E-state index contributed by atoms with van der Waals surface area (Å²) in [5, 5.41) is 0.581. The van der Waals surface area contributed by atoms with E-state index in [1.54, 1.807) is 35.2 Å². The van der Waals surface area contributed by atoms with Crippen molar-refractivity contribution in [3.05, 3.63) is 92.6 Å². The minimum absolute atomic E-state index is 0.125. The van der Waals surface area contributed by atoms with Crippen LogP contribution in [0.5, 0.6) is 5.75 Å². The topological polar surface area (TPSA) is 47.4 Å². The molecule has 166 valence electrons. The van der Waals surface area contributed by atoms with Crippen molar-refractivity contribution in [2.45, 2.75) is 33.3 Å². The third-order valence-electron chi connectivity index (χ3n) is 5.87. The highest BCUT2D eigenvalue weighted by Crippen LogP contribution is 2.26. The summed E-state index contributed by atoms with van der Waals surface area (Å²) in [4.78, 5) is 19.4. The highest BCUT2D eigenvalue weighted by molar-refractivity contribution is 6.30. The zero-order valence-electron chi connectivity index (χ0n) is 18.6. The van der Waals surface area contributed by atoms with Crippen LogP contribution in [-0.4, -0.2) is 34.1 Å². The normalized spacial score (nSPS) is 13.1. The van der Waals surface area contributed by atoms with Gasteiger partial charge in [0, 0.05) is 30.7 Å². The van der Waals surface area contributed by atoms with E-state index in [0.29, 0.717) is 10.8 Å². The number of hydrogen-bond acceptors (Lipinski definition) is 4. The zero-order valence-corrected chi connectivity index (χ0v) is 19.3. The molecule has 0 saturated carbocycles. The molecule has 3 aromatic rings. The van der Waals surface area contributed by atoms with Gasteiger partial charge in [0.05, 0.1) is 10.7 Å². The van der Waals surface area contributed by atoms with Gasteiger partial charge in [-0.3, -0.25) is 19.2 Å². The molecule has 0 fully saturated rings. The maximum atomic E-state index is 12.7. The third-order valence-corrected chi connectivity index (χ3v) is 6.09. The summed E-state index contributed by atoms with van der Waals surface area (Å²) in [6.07, 6.45) is 7.72. The van der Waals surface area contributed by atoms with Gasteiger partial charge < -0.3 is 4.74 Å². The quantitative estimate of drug-likeness (QED) is 0.478. The van der Waals surface area contributed by atoms with Crippen molar-refractivity contribution in [2.24, 2.45) is 0 Å². The Bertz CT molecular complexity index is 1160. The van der Waals surface area contributed by atoms with E-state index in [0.717, 1.165) is 43.9 Å². The highest BCUT2D eigenvalue weighted by Gasteiger charge is 2.14. The second-order valence-corrected chi connectivity index (χ2v) is 8.41. The molecule has 0 radical (unpaired) electrons. The number of ether oxygens (including phenoxy) is 1. The first-order chi connectivity index (χ1) is 15.6.